The standard InChI is InChI=1S/C30H49BrO4Si2/c1-28(2,3)36(8,9)34-20-16-21(35-37(10,11)29(4,5)6)25-19(20)15-22(33-7)30(31)26(25)23-17-12-13-18(14-17)24(23)27(30)32/h12-13,15,17-18,20-26H,14,16H2,1-11H3/t17-,18+,20+,21-,22+,23-,24+,25+,26-,30-/m0/s1. The number of methoxy groups -OCH3 is 1. The summed E-state index contributed by atoms with van der Waals surface area (Å²) in [5.74, 6) is 2.02. The zero-order valence-electron chi connectivity index (χ0n) is 24.9. The van der Waals surface area contributed by atoms with Gasteiger partial charge in [-0.1, -0.05) is 75.7 Å². The first-order chi connectivity index (χ1) is 16.8. The lowest BCUT2D eigenvalue weighted by Gasteiger charge is -2.48. The minimum Gasteiger partial charge on any atom is -0.413 e. The zero-order valence-corrected chi connectivity index (χ0v) is 28.4. The van der Waals surface area contributed by atoms with E-state index in [4.69, 9.17) is 13.6 Å². The number of hydrogen-bond acceptors (Lipinski definition) is 4. The van der Waals surface area contributed by atoms with Crippen LogP contribution in [0.3, 0.4) is 0 Å². The number of ether oxygens (including phenoxy) is 1. The van der Waals surface area contributed by atoms with Crippen LogP contribution in [0, 0.1) is 35.5 Å². The van der Waals surface area contributed by atoms with E-state index in [1.807, 2.05) is 0 Å². The van der Waals surface area contributed by atoms with Gasteiger partial charge in [-0.25, -0.2) is 0 Å². The average Bonchev–Trinajstić information content (AvgIpc) is 3.48. The molecule has 3 saturated carbocycles. The van der Waals surface area contributed by atoms with Crippen molar-refractivity contribution in [2.75, 3.05) is 7.11 Å². The smallest absolute Gasteiger partial charge is 0.192 e. The minimum absolute atomic E-state index is 0.0265. The fraction of sp³-hybridized carbons (Fsp3) is 0.833. The fourth-order valence-corrected chi connectivity index (χ4v) is 11.5. The molecule has 7 heteroatoms. The molecule has 0 saturated heterocycles. The van der Waals surface area contributed by atoms with Crippen molar-refractivity contribution in [1.82, 2.24) is 0 Å². The van der Waals surface area contributed by atoms with E-state index in [9.17, 15) is 4.79 Å². The van der Waals surface area contributed by atoms with E-state index in [1.54, 1.807) is 7.11 Å². The van der Waals surface area contributed by atoms with Gasteiger partial charge in [0.1, 0.15) is 4.32 Å². The highest BCUT2D eigenvalue weighted by Crippen LogP contribution is 2.68. The van der Waals surface area contributed by atoms with Gasteiger partial charge in [0.15, 0.2) is 22.4 Å². The third-order valence-electron chi connectivity index (χ3n) is 11.6. The summed E-state index contributed by atoms with van der Waals surface area (Å²) >= 11 is 4.13. The van der Waals surface area contributed by atoms with Gasteiger partial charge in [0.25, 0.3) is 0 Å². The summed E-state index contributed by atoms with van der Waals surface area (Å²) < 4.78 is 19.9. The molecular formula is C30H49BrO4Si2. The molecule has 10 atom stereocenters. The largest absolute Gasteiger partial charge is 0.413 e. The maximum Gasteiger partial charge on any atom is 0.192 e. The van der Waals surface area contributed by atoms with Crippen molar-refractivity contribution in [3.63, 3.8) is 0 Å². The predicted molar refractivity (Wildman–Crippen MR) is 159 cm³/mol. The zero-order chi connectivity index (χ0) is 27.5. The lowest BCUT2D eigenvalue weighted by molar-refractivity contribution is -0.126. The molecule has 0 unspecified atom stereocenters. The highest BCUT2D eigenvalue weighted by atomic mass is 79.9. The molecule has 0 radical (unpaired) electrons. The van der Waals surface area contributed by atoms with Gasteiger partial charge in [0.05, 0.1) is 18.3 Å². The Morgan fingerprint density at radius 3 is 2.03 bits per heavy atom. The van der Waals surface area contributed by atoms with E-state index < -0.39 is 21.0 Å². The normalized spacial score (nSPS) is 43.2. The number of carbonyl (C=O) groups excluding carboxylic acids is 1. The van der Waals surface area contributed by atoms with Gasteiger partial charge in [0, 0.05) is 25.4 Å². The lowest BCUT2D eigenvalue weighted by atomic mass is 9.66. The van der Waals surface area contributed by atoms with Crippen LogP contribution in [-0.2, 0) is 18.4 Å². The molecule has 0 aliphatic heterocycles. The summed E-state index contributed by atoms with van der Waals surface area (Å²) in [7, 11) is -2.31. The molecule has 0 amide bonds. The molecule has 0 aromatic rings. The number of hydrogen-bond donors (Lipinski definition) is 0. The van der Waals surface area contributed by atoms with E-state index in [-0.39, 0.29) is 46.1 Å². The molecule has 5 rings (SSSR count). The average molecular weight is 610 g/mol. The van der Waals surface area contributed by atoms with E-state index in [2.05, 4.69) is 102 Å². The third kappa shape index (κ3) is 4.06. The van der Waals surface area contributed by atoms with Crippen molar-refractivity contribution in [3.05, 3.63) is 23.8 Å². The number of Topliss-reactive ketones (excluding diaryl/α,β-unsaturated/α-hetero) is 1. The fourth-order valence-electron chi connectivity index (χ4n) is 7.69. The number of alkyl halides is 1. The van der Waals surface area contributed by atoms with Crippen molar-refractivity contribution in [2.45, 2.75) is 113 Å². The first-order valence-electron chi connectivity index (χ1n) is 14.4. The summed E-state index contributed by atoms with van der Waals surface area (Å²) in [6.07, 6.45) is 8.81. The van der Waals surface area contributed by atoms with Gasteiger partial charge >= 0.3 is 0 Å². The van der Waals surface area contributed by atoms with Crippen molar-refractivity contribution in [1.29, 1.82) is 0 Å². The number of halogens is 1. The Morgan fingerprint density at radius 2 is 1.46 bits per heavy atom. The van der Waals surface area contributed by atoms with Gasteiger partial charge in [-0.2, -0.15) is 0 Å². The summed E-state index contributed by atoms with van der Waals surface area (Å²) in [6, 6.07) is 0. The number of carbonyl (C=O) groups is 1. The van der Waals surface area contributed by atoms with Crippen LogP contribution in [0.4, 0.5) is 0 Å². The molecule has 0 heterocycles. The quantitative estimate of drug-likeness (QED) is 0.184. The van der Waals surface area contributed by atoms with Crippen LogP contribution in [0.1, 0.15) is 54.4 Å². The Morgan fingerprint density at radius 1 is 0.892 bits per heavy atom. The first kappa shape index (κ1) is 28.5. The topological polar surface area (TPSA) is 44.8 Å². The summed E-state index contributed by atoms with van der Waals surface area (Å²) in [5, 5.41) is 0.243. The van der Waals surface area contributed by atoms with Crippen LogP contribution < -0.4 is 0 Å². The van der Waals surface area contributed by atoms with Gasteiger partial charge in [-0.15, -0.1) is 0 Å². The third-order valence-corrected chi connectivity index (χ3v) is 22.0. The molecule has 0 aromatic heterocycles. The molecule has 2 bridgehead atoms. The van der Waals surface area contributed by atoms with Crippen LogP contribution in [0.2, 0.25) is 36.3 Å². The summed E-state index contributed by atoms with van der Waals surface area (Å²) in [6.45, 7) is 23.3. The van der Waals surface area contributed by atoms with Gasteiger partial charge in [-0.3, -0.25) is 4.79 Å². The molecule has 0 spiro atoms. The Balaban J connectivity index is 1.62. The number of ketones is 1. The number of fused-ring (bicyclic) bond motifs is 9. The Labute approximate surface area is 235 Å². The monoisotopic (exact) mass is 608 g/mol. The Hall–Kier alpha value is -0.0562. The van der Waals surface area contributed by atoms with Crippen molar-refractivity contribution in [2.24, 2.45) is 35.5 Å². The van der Waals surface area contributed by atoms with E-state index >= 15 is 0 Å². The number of allylic oxidation sites excluding steroid dienone is 2. The Bertz CT molecular complexity index is 1020. The molecule has 0 aromatic carbocycles. The van der Waals surface area contributed by atoms with Crippen molar-refractivity contribution in [3.8, 4) is 0 Å². The molecule has 5 aliphatic carbocycles. The SMILES string of the molecule is CO[C@@H]1C=C2[C@@H]([C@@H]3[C@@H]4[C@H](C(=O)[C@@]31Br)[C@@H]1C=C[C@H]4C1)[C@@H](O[Si](C)(C)C(C)(C)C)C[C@H]2O[Si](C)(C)C(C)(C)C. The van der Waals surface area contributed by atoms with Crippen LogP contribution in [0.15, 0.2) is 23.8 Å². The highest BCUT2D eigenvalue weighted by Gasteiger charge is 2.73. The van der Waals surface area contributed by atoms with Crippen molar-refractivity contribution >= 4 is 38.3 Å². The van der Waals surface area contributed by atoms with Crippen molar-refractivity contribution < 1.29 is 18.4 Å². The molecule has 4 nitrogen and oxygen atoms in total. The maximum absolute atomic E-state index is 14.2. The van der Waals surface area contributed by atoms with Crippen LogP contribution in [-0.4, -0.2) is 52.2 Å². The summed E-state index contributed by atoms with van der Waals surface area (Å²) in [5.41, 5.74) is 1.35. The lowest BCUT2D eigenvalue weighted by Crippen LogP contribution is -2.55. The molecular weight excluding hydrogens is 560 g/mol. The maximum atomic E-state index is 14.2. The highest BCUT2D eigenvalue weighted by molar-refractivity contribution is 9.10. The second kappa shape index (κ2) is 8.72. The molecule has 0 N–H and O–H groups in total. The Kier molecular flexibility index (Phi) is 6.71. The molecule has 5 aliphatic rings. The molecule has 3 fully saturated rings. The van der Waals surface area contributed by atoms with Gasteiger partial charge in [0.2, 0.25) is 0 Å². The summed E-state index contributed by atoms with van der Waals surface area (Å²) in [4.78, 5) is 14.2. The van der Waals surface area contributed by atoms with Crippen LogP contribution in [0.25, 0.3) is 0 Å². The number of rotatable bonds is 5. The first-order valence-corrected chi connectivity index (χ1v) is 21.0. The molecule has 37 heavy (non-hydrogen) atoms. The van der Waals surface area contributed by atoms with Gasteiger partial charge < -0.3 is 13.6 Å². The second-order valence-electron chi connectivity index (χ2n) is 15.6. The molecule has 208 valence electrons. The minimum atomic E-state index is -2.05. The van der Waals surface area contributed by atoms with Crippen LogP contribution in [0.5, 0.6) is 0 Å². The predicted octanol–water partition coefficient (Wildman–Crippen LogP) is 7.51. The van der Waals surface area contributed by atoms with Crippen LogP contribution >= 0.6 is 15.9 Å². The van der Waals surface area contributed by atoms with E-state index in [0.717, 1.165) is 12.8 Å². The van der Waals surface area contributed by atoms with Gasteiger partial charge in [-0.05, 0) is 71.9 Å². The van der Waals surface area contributed by atoms with E-state index in [0.29, 0.717) is 23.5 Å². The van der Waals surface area contributed by atoms with E-state index in [1.165, 1.54) is 5.57 Å². The second-order valence-corrected chi connectivity index (χ2v) is 26.4.